The van der Waals surface area contributed by atoms with Crippen molar-refractivity contribution in [3.8, 4) is 0 Å². The Bertz CT molecular complexity index is 438. The molecule has 5 nitrogen and oxygen atoms in total. The van der Waals surface area contributed by atoms with Crippen LogP contribution in [0.15, 0.2) is 30.3 Å². The second kappa shape index (κ2) is 8.12. The number of aliphatic hydroxyl groups excluding tert-OH is 1. The standard InChI is InChI=1S/C16H24N2O3/c1-12(13-6-3-2-4-7-13)21-9-5-8-17-16(20)15-10-14(19)11-18-15/h2-4,6-7,12,14-15,18-19H,5,8-11H2,1H3,(H,17,20)/t12-,14-,15-/m0/s1. The summed E-state index contributed by atoms with van der Waals surface area (Å²) >= 11 is 0. The summed E-state index contributed by atoms with van der Waals surface area (Å²) in [5, 5.41) is 15.2. The van der Waals surface area contributed by atoms with E-state index in [0.29, 0.717) is 26.1 Å². The largest absolute Gasteiger partial charge is 0.392 e. The third kappa shape index (κ3) is 5.12. The molecule has 1 fully saturated rings. The van der Waals surface area contributed by atoms with Crippen molar-refractivity contribution in [3.05, 3.63) is 35.9 Å². The van der Waals surface area contributed by atoms with Gasteiger partial charge in [-0.15, -0.1) is 0 Å². The van der Waals surface area contributed by atoms with Gasteiger partial charge in [0.1, 0.15) is 0 Å². The summed E-state index contributed by atoms with van der Waals surface area (Å²) in [5.41, 5.74) is 1.16. The number of hydrogen-bond acceptors (Lipinski definition) is 4. The quantitative estimate of drug-likeness (QED) is 0.656. The Balaban J connectivity index is 1.57. The highest BCUT2D eigenvalue weighted by Gasteiger charge is 2.27. The molecule has 0 spiro atoms. The molecule has 2 rings (SSSR count). The fourth-order valence-corrected chi connectivity index (χ4v) is 2.40. The Hall–Kier alpha value is -1.43. The van der Waals surface area contributed by atoms with Crippen LogP contribution in [0.4, 0.5) is 0 Å². The van der Waals surface area contributed by atoms with Crippen LogP contribution in [0.25, 0.3) is 0 Å². The topological polar surface area (TPSA) is 70.6 Å². The number of amides is 1. The van der Waals surface area contributed by atoms with Gasteiger partial charge in [-0.05, 0) is 25.3 Å². The molecule has 0 bridgehead atoms. The number of carbonyl (C=O) groups excluding carboxylic acids is 1. The Morgan fingerprint density at radius 2 is 2.24 bits per heavy atom. The summed E-state index contributed by atoms with van der Waals surface area (Å²) in [6.07, 6.45) is 0.926. The van der Waals surface area contributed by atoms with Gasteiger partial charge < -0.3 is 20.5 Å². The molecule has 3 N–H and O–H groups in total. The van der Waals surface area contributed by atoms with E-state index in [4.69, 9.17) is 4.74 Å². The van der Waals surface area contributed by atoms with E-state index in [0.717, 1.165) is 12.0 Å². The minimum Gasteiger partial charge on any atom is -0.392 e. The van der Waals surface area contributed by atoms with Crippen LogP contribution in [0.1, 0.15) is 31.4 Å². The fraction of sp³-hybridized carbons (Fsp3) is 0.562. The zero-order chi connectivity index (χ0) is 15.1. The molecule has 1 heterocycles. The van der Waals surface area contributed by atoms with Gasteiger partial charge in [-0.1, -0.05) is 30.3 Å². The number of benzene rings is 1. The first-order valence-electron chi connectivity index (χ1n) is 7.52. The minimum absolute atomic E-state index is 0.0392. The van der Waals surface area contributed by atoms with Gasteiger partial charge in [0.05, 0.1) is 18.2 Å². The maximum atomic E-state index is 11.8. The van der Waals surface area contributed by atoms with Crippen LogP contribution in [0.5, 0.6) is 0 Å². The van der Waals surface area contributed by atoms with Crippen molar-refractivity contribution in [2.24, 2.45) is 0 Å². The molecule has 116 valence electrons. The van der Waals surface area contributed by atoms with Crippen molar-refractivity contribution in [2.75, 3.05) is 19.7 Å². The SMILES string of the molecule is C[C@H](OCCCNC(=O)[C@@H]1C[C@H](O)CN1)c1ccccc1. The maximum Gasteiger partial charge on any atom is 0.237 e. The molecular weight excluding hydrogens is 268 g/mol. The van der Waals surface area contributed by atoms with Crippen LogP contribution in [-0.2, 0) is 9.53 Å². The second-order valence-electron chi connectivity index (χ2n) is 5.42. The Kier molecular flexibility index (Phi) is 6.17. The van der Waals surface area contributed by atoms with Gasteiger partial charge in [0.2, 0.25) is 5.91 Å². The van der Waals surface area contributed by atoms with Crippen LogP contribution in [-0.4, -0.2) is 42.9 Å². The van der Waals surface area contributed by atoms with Crippen LogP contribution < -0.4 is 10.6 Å². The van der Waals surface area contributed by atoms with Crippen molar-refractivity contribution in [3.63, 3.8) is 0 Å². The molecule has 21 heavy (non-hydrogen) atoms. The number of aliphatic hydroxyl groups is 1. The fourth-order valence-electron chi connectivity index (χ4n) is 2.40. The molecule has 0 unspecified atom stereocenters. The van der Waals surface area contributed by atoms with Gasteiger partial charge in [-0.2, -0.15) is 0 Å². The Morgan fingerprint density at radius 3 is 2.90 bits per heavy atom. The predicted molar refractivity (Wildman–Crippen MR) is 80.9 cm³/mol. The molecule has 0 aromatic heterocycles. The maximum absolute atomic E-state index is 11.8. The summed E-state index contributed by atoms with van der Waals surface area (Å²) in [6.45, 7) is 3.72. The lowest BCUT2D eigenvalue weighted by atomic mass is 10.1. The molecule has 1 aliphatic heterocycles. The molecule has 1 saturated heterocycles. The first-order valence-corrected chi connectivity index (χ1v) is 7.52. The van der Waals surface area contributed by atoms with Gasteiger partial charge >= 0.3 is 0 Å². The van der Waals surface area contributed by atoms with Gasteiger partial charge in [-0.25, -0.2) is 0 Å². The molecule has 1 amide bonds. The van der Waals surface area contributed by atoms with Crippen LogP contribution >= 0.6 is 0 Å². The molecule has 0 aliphatic carbocycles. The van der Waals surface area contributed by atoms with E-state index in [2.05, 4.69) is 10.6 Å². The highest BCUT2D eigenvalue weighted by Crippen LogP contribution is 2.15. The van der Waals surface area contributed by atoms with Crippen molar-refractivity contribution in [1.29, 1.82) is 0 Å². The second-order valence-corrected chi connectivity index (χ2v) is 5.42. The molecule has 1 aromatic carbocycles. The van der Waals surface area contributed by atoms with Gasteiger partial charge in [-0.3, -0.25) is 4.79 Å². The highest BCUT2D eigenvalue weighted by molar-refractivity contribution is 5.82. The first kappa shape index (κ1) is 15.9. The number of nitrogens with one attached hydrogen (secondary N) is 2. The molecule has 3 atom stereocenters. The van der Waals surface area contributed by atoms with E-state index in [1.54, 1.807) is 0 Å². The van der Waals surface area contributed by atoms with E-state index in [-0.39, 0.29) is 18.1 Å². The molecular formula is C16H24N2O3. The van der Waals surface area contributed by atoms with Gasteiger partial charge in [0.15, 0.2) is 0 Å². The third-order valence-corrected chi connectivity index (χ3v) is 3.68. The predicted octanol–water partition coefficient (Wildman–Crippen LogP) is 0.993. The molecule has 0 saturated carbocycles. The lowest BCUT2D eigenvalue weighted by Crippen LogP contribution is -2.40. The lowest BCUT2D eigenvalue weighted by molar-refractivity contribution is -0.123. The van der Waals surface area contributed by atoms with Crippen LogP contribution in [0.2, 0.25) is 0 Å². The molecule has 5 heteroatoms. The average molecular weight is 292 g/mol. The lowest BCUT2D eigenvalue weighted by Gasteiger charge is -2.14. The number of ether oxygens (including phenoxy) is 1. The summed E-state index contributed by atoms with van der Waals surface area (Å²) in [7, 11) is 0. The van der Waals surface area contributed by atoms with E-state index in [1.807, 2.05) is 37.3 Å². The van der Waals surface area contributed by atoms with Crippen molar-refractivity contribution < 1.29 is 14.6 Å². The summed E-state index contributed by atoms with van der Waals surface area (Å²) in [5.74, 6) is -0.0392. The highest BCUT2D eigenvalue weighted by atomic mass is 16.5. The summed E-state index contributed by atoms with van der Waals surface area (Å²) in [6, 6.07) is 9.81. The van der Waals surface area contributed by atoms with Crippen molar-refractivity contribution in [1.82, 2.24) is 10.6 Å². The van der Waals surface area contributed by atoms with Crippen LogP contribution in [0.3, 0.4) is 0 Å². The molecule has 1 aliphatic rings. The van der Waals surface area contributed by atoms with E-state index < -0.39 is 6.10 Å². The van der Waals surface area contributed by atoms with Gasteiger partial charge in [0, 0.05) is 19.7 Å². The minimum atomic E-state index is -0.407. The Morgan fingerprint density at radius 1 is 1.48 bits per heavy atom. The van der Waals surface area contributed by atoms with E-state index >= 15 is 0 Å². The summed E-state index contributed by atoms with van der Waals surface area (Å²) < 4.78 is 5.75. The number of β-amino-alcohol motifs (C(OH)–C–C–N with tert-alkyl or cyclic N) is 1. The summed E-state index contributed by atoms with van der Waals surface area (Å²) in [4.78, 5) is 11.8. The van der Waals surface area contributed by atoms with Crippen molar-refractivity contribution >= 4 is 5.91 Å². The normalized spacial score (nSPS) is 23.0. The zero-order valence-corrected chi connectivity index (χ0v) is 12.4. The number of rotatable bonds is 7. The monoisotopic (exact) mass is 292 g/mol. The van der Waals surface area contributed by atoms with E-state index in [1.165, 1.54) is 0 Å². The van der Waals surface area contributed by atoms with Crippen LogP contribution in [0, 0.1) is 0 Å². The third-order valence-electron chi connectivity index (χ3n) is 3.68. The Labute approximate surface area is 125 Å². The smallest absolute Gasteiger partial charge is 0.237 e. The van der Waals surface area contributed by atoms with E-state index in [9.17, 15) is 9.90 Å². The average Bonchev–Trinajstić information content (AvgIpc) is 2.94. The van der Waals surface area contributed by atoms with Gasteiger partial charge in [0.25, 0.3) is 0 Å². The number of hydrogen-bond donors (Lipinski definition) is 3. The molecule has 1 aromatic rings. The zero-order valence-electron chi connectivity index (χ0n) is 12.4. The molecule has 0 radical (unpaired) electrons. The van der Waals surface area contributed by atoms with Crippen molar-refractivity contribution in [2.45, 2.75) is 38.0 Å². The first-order chi connectivity index (χ1) is 10.2. The number of carbonyl (C=O) groups is 1.